The van der Waals surface area contributed by atoms with Gasteiger partial charge in [0.15, 0.2) is 0 Å². The Labute approximate surface area is 352 Å². The topological polar surface area (TPSA) is 164 Å². The molecular weight excluding hydrogens is 783 g/mol. The molecule has 5 fully saturated rings. The van der Waals surface area contributed by atoms with Crippen molar-refractivity contribution in [1.29, 1.82) is 0 Å². The number of likely N-dealkylation sites (tertiary alicyclic amines) is 2. The molecule has 1 aromatic heterocycles. The maximum atomic E-state index is 15.1. The second-order valence-electron chi connectivity index (χ2n) is 17.5. The van der Waals surface area contributed by atoms with E-state index in [0.29, 0.717) is 61.0 Å². The Morgan fingerprint density at radius 2 is 1.70 bits per heavy atom. The first-order valence-corrected chi connectivity index (χ1v) is 23.3. The number of carbonyl (C=O) groups excluding carboxylic acids is 4. The molecule has 5 atom stereocenters. The molecule has 8 rings (SSSR count). The van der Waals surface area contributed by atoms with Gasteiger partial charge in [-0.3, -0.25) is 23.9 Å². The Balaban J connectivity index is 1.11. The normalized spacial score (nSPS) is 25.0. The molecule has 60 heavy (non-hydrogen) atoms. The quantitative estimate of drug-likeness (QED) is 0.177. The summed E-state index contributed by atoms with van der Waals surface area (Å²) in [5.41, 5.74) is 0.678. The number of nitrogens with one attached hydrogen (secondary N) is 2. The van der Waals surface area contributed by atoms with Gasteiger partial charge >= 0.3 is 0 Å². The van der Waals surface area contributed by atoms with Gasteiger partial charge in [0.05, 0.1) is 30.1 Å². The number of amides is 4. The monoisotopic (exact) mass is 839 g/mol. The van der Waals surface area contributed by atoms with Gasteiger partial charge in [-0.1, -0.05) is 68.5 Å². The third kappa shape index (κ3) is 9.03. The minimum absolute atomic E-state index is 0.0386. The standard InChI is InChI=1S/C46H57N5O8S/c1-3-33-28-46(33,45(55)49-60(56,57)36-18-19-36)48-43(53)40-26-35(59-41-27-38(31-15-9-5-10-16-31)47-39-25-34(58-2)17-20-37(39)41)29-51(40)44(54)32(23-30-13-7-4-8-14-30)24-42(52)50-21-11-6-12-22-50/h3,5,9-10,15-17,20,25,27,30,32-33,35-36,40H,1,4,6-8,11-14,18-19,21-24,26,28-29H2,2H3,(H,48,53)(H,49,55)/t32?,33?,35-,40?,46?/m1/s1. The molecular formula is C46H57N5O8S. The molecule has 13 nitrogen and oxygen atoms in total. The lowest BCUT2D eigenvalue weighted by Gasteiger charge is -2.33. The largest absolute Gasteiger partial charge is 0.497 e. The summed E-state index contributed by atoms with van der Waals surface area (Å²) >= 11 is 0. The number of fused-ring (bicyclic) bond motifs is 1. The number of methoxy groups -OCH3 is 1. The van der Waals surface area contributed by atoms with E-state index in [1.54, 1.807) is 18.1 Å². The van der Waals surface area contributed by atoms with Crippen LogP contribution >= 0.6 is 0 Å². The van der Waals surface area contributed by atoms with E-state index >= 15 is 4.79 Å². The lowest BCUT2D eigenvalue weighted by Crippen LogP contribution is -2.57. The third-order valence-electron chi connectivity index (χ3n) is 13.3. The first-order valence-electron chi connectivity index (χ1n) is 21.8. The van der Waals surface area contributed by atoms with E-state index in [-0.39, 0.29) is 37.6 Å². The van der Waals surface area contributed by atoms with Crippen LogP contribution in [0.2, 0.25) is 0 Å². The number of sulfonamides is 1. The number of rotatable bonds is 15. The third-order valence-corrected chi connectivity index (χ3v) is 15.1. The fourth-order valence-corrected chi connectivity index (χ4v) is 10.9. The summed E-state index contributed by atoms with van der Waals surface area (Å²) in [5.74, 6) is -1.39. The van der Waals surface area contributed by atoms with E-state index in [1.807, 2.05) is 59.5 Å². The molecule has 0 spiro atoms. The van der Waals surface area contributed by atoms with Gasteiger partial charge < -0.3 is 24.6 Å². The fourth-order valence-electron chi connectivity index (χ4n) is 9.55. The molecule has 320 valence electrons. The van der Waals surface area contributed by atoms with Crippen molar-refractivity contribution in [2.24, 2.45) is 17.8 Å². The zero-order valence-corrected chi connectivity index (χ0v) is 35.3. The van der Waals surface area contributed by atoms with Crippen molar-refractivity contribution in [1.82, 2.24) is 24.8 Å². The first-order chi connectivity index (χ1) is 29.0. The fraction of sp³-hybridized carbons (Fsp3) is 0.543. The smallest absolute Gasteiger partial charge is 0.259 e. The molecule has 4 amide bonds. The second-order valence-corrected chi connectivity index (χ2v) is 19.5. The summed E-state index contributed by atoms with van der Waals surface area (Å²) in [6.45, 7) is 5.27. The molecule has 2 N–H and O–H groups in total. The number of nitrogens with zero attached hydrogens (tertiary/aromatic N) is 3. The number of piperidine rings is 1. The maximum Gasteiger partial charge on any atom is 0.259 e. The van der Waals surface area contributed by atoms with Gasteiger partial charge in [0.2, 0.25) is 27.7 Å². The van der Waals surface area contributed by atoms with Crippen LogP contribution in [0.4, 0.5) is 0 Å². The van der Waals surface area contributed by atoms with E-state index in [4.69, 9.17) is 14.5 Å². The number of carbonyl (C=O) groups is 4. The molecule has 3 saturated carbocycles. The molecule has 3 aromatic rings. The van der Waals surface area contributed by atoms with Crippen LogP contribution in [0, 0.1) is 17.8 Å². The van der Waals surface area contributed by atoms with Crippen molar-refractivity contribution in [3.05, 3.63) is 67.3 Å². The van der Waals surface area contributed by atoms with E-state index in [0.717, 1.165) is 62.3 Å². The van der Waals surface area contributed by atoms with Gasteiger partial charge in [-0.25, -0.2) is 13.4 Å². The van der Waals surface area contributed by atoms with Crippen molar-refractivity contribution in [2.75, 3.05) is 26.7 Å². The van der Waals surface area contributed by atoms with E-state index in [2.05, 4.69) is 16.6 Å². The summed E-state index contributed by atoms with van der Waals surface area (Å²) in [5, 5.41) is 3.01. The highest BCUT2D eigenvalue weighted by Gasteiger charge is 2.62. The molecule has 4 unspecified atom stereocenters. The minimum Gasteiger partial charge on any atom is -0.497 e. The van der Waals surface area contributed by atoms with Crippen molar-refractivity contribution in [2.45, 2.75) is 113 Å². The average Bonchev–Trinajstić information content (AvgIpc) is 4.20. The molecule has 5 aliphatic rings. The SMILES string of the molecule is C=CC1CC1(NC(=O)C1C[C@@H](Oc2cc(-c3ccccc3)nc3cc(OC)ccc23)CN1C(=O)C(CC(=O)N1CCCCC1)CC1CCCCC1)C(=O)NS(=O)(=O)C1CC1. The summed E-state index contributed by atoms with van der Waals surface area (Å²) in [6.07, 6.45) is 11.0. The molecule has 2 saturated heterocycles. The van der Waals surface area contributed by atoms with Crippen LogP contribution in [-0.4, -0.2) is 96.5 Å². The van der Waals surface area contributed by atoms with E-state index < -0.39 is 56.6 Å². The summed E-state index contributed by atoms with van der Waals surface area (Å²) in [6, 6.07) is 16.1. The highest BCUT2D eigenvalue weighted by Crippen LogP contribution is 2.46. The number of ether oxygens (including phenoxy) is 2. The minimum atomic E-state index is -3.89. The Morgan fingerprint density at radius 3 is 2.38 bits per heavy atom. The molecule has 2 aromatic carbocycles. The summed E-state index contributed by atoms with van der Waals surface area (Å²) < 4.78 is 40.3. The Bertz CT molecular complexity index is 2220. The molecule has 0 bridgehead atoms. The lowest BCUT2D eigenvalue weighted by molar-refractivity contribution is -0.146. The molecule has 14 heteroatoms. The average molecular weight is 840 g/mol. The van der Waals surface area contributed by atoms with Crippen molar-refractivity contribution in [3.8, 4) is 22.8 Å². The van der Waals surface area contributed by atoms with Gasteiger partial charge in [0.25, 0.3) is 5.91 Å². The summed E-state index contributed by atoms with van der Waals surface area (Å²) in [7, 11) is -2.30. The predicted molar refractivity (Wildman–Crippen MR) is 227 cm³/mol. The molecule has 3 heterocycles. The van der Waals surface area contributed by atoms with Crippen LogP contribution in [0.3, 0.4) is 0 Å². The Morgan fingerprint density at radius 1 is 0.967 bits per heavy atom. The van der Waals surface area contributed by atoms with Crippen LogP contribution < -0.4 is 19.5 Å². The zero-order valence-electron chi connectivity index (χ0n) is 34.5. The van der Waals surface area contributed by atoms with Crippen LogP contribution in [0.15, 0.2) is 67.3 Å². The van der Waals surface area contributed by atoms with Crippen LogP contribution in [-0.2, 0) is 29.2 Å². The maximum absolute atomic E-state index is 15.1. The zero-order chi connectivity index (χ0) is 42.0. The number of hydrogen-bond acceptors (Lipinski definition) is 9. The van der Waals surface area contributed by atoms with Gasteiger partial charge in [0.1, 0.15) is 29.2 Å². The van der Waals surface area contributed by atoms with Gasteiger partial charge in [-0.2, -0.15) is 0 Å². The van der Waals surface area contributed by atoms with Crippen LogP contribution in [0.25, 0.3) is 22.2 Å². The van der Waals surface area contributed by atoms with Crippen molar-refractivity contribution < 1.29 is 37.1 Å². The number of benzene rings is 2. The van der Waals surface area contributed by atoms with Crippen molar-refractivity contribution in [3.63, 3.8) is 0 Å². The molecule has 2 aliphatic heterocycles. The summed E-state index contributed by atoms with van der Waals surface area (Å²) in [4.78, 5) is 65.7. The predicted octanol–water partition coefficient (Wildman–Crippen LogP) is 5.92. The Hall–Kier alpha value is -4.98. The highest BCUT2D eigenvalue weighted by molar-refractivity contribution is 7.91. The number of aromatic nitrogens is 1. The first kappa shape index (κ1) is 41.7. The van der Waals surface area contributed by atoms with E-state index in [9.17, 15) is 22.8 Å². The number of pyridine rings is 1. The van der Waals surface area contributed by atoms with Gasteiger partial charge in [-0.05, 0) is 63.0 Å². The number of hydrogen-bond donors (Lipinski definition) is 2. The van der Waals surface area contributed by atoms with Crippen molar-refractivity contribution >= 4 is 44.6 Å². The highest BCUT2D eigenvalue weighted by atomic mass is 32.2. The van der Waals surface area contributed by atoms with E-state index in [1.165, 1.54) is 0 Å². The van der Waals surface area contributed by atoms with Crippen LogP contribution in [0.1, 0.15) is 89.9 Å². The molecule has 0 radical (unpaired) electrons. The Kier molecular flexibility index (Phi) is 12.2. The lowest BCUT2D eigenvalue weighted by atomic mass is 9.81. The molecule has 3 aliphatic carbocycles. The van der Waals surface area contributed by atoms with Crippen LogP contribution in [0.5, 0.6) is 11.5 Å². The van der Waals surface area contributed by atoms with Gasteiger partial charge in [-0.15, -0.1) is 6.58 Å². The van der Waals surface area contributed by atoms with Gasteiger partial charge in [0, 0.05) is 60.8 Å². The second kappa shape index (κ2) is 17.6.